The standard InChI is InChI=1S/C35H62O/c1-22-11-12-25(15-22)17-26-13-14-27(33(18-26)35(4,5)6)19-28-20-30(34(36)24(28)3)21-29-16-23(2)31-9-7-8-10-32(29)31/h22-34,36H,7-21H2,1-6H3. The molecule has 5 saturated carbocycles. The summed E-state index contributed by atoms with van der Waals surface area (Å²) in [6, 6.07) is 0. The molecule has 5 aliphatic carbocycles. The third kappa shape index (κ3) is 5.92. The van der Waals surface area contributed by atoms with Crippen LogP contribution in [0.15, 0.2) is 0 Å². The Kier molecular flexibility index (Phi) is 8.57. The van der Waals surface area contributed by atoms with Gasteiger partial charge in [-0.2, -0.15) is 0 Å². The van der Waals surface area contributed by atoms with Crippen molar-refractivity contribution in [2.75, 3.05) is 0 Å². The fourth-order valence-electron chi connectivity index (χ4n) is 11.2. The molecule has 0 radical (unpaired) electrons. The molecule has 0 aromatic heterocycles. The lowest BCUT2D eigenvalue weighted by atomic mass is 9.60. The molecule has 0 amide bonds. The number of hydrogen-bond donors (Lipinski definition) is 1. The molecule has 13 unspecified atom stereocenters. The van der Waals surface area contributed by atoms with E-state index in [-0.39, 0.29) is 6.10 Å². The Labute approximate surface area is 225 Å². The summed E-state index contributed by atoms with van der Waals surface area (Å²) in [6.07, 6.45) is 21.8. The molecule has 5 rings (SSSR count). The Morgan fingerprint density at radius 2 is 1.28 bits per heavy atom. The fraction of sp³-hybridized carbons (Fsp3) is 1.00. The lowest BCUT2D eigenvalue weighted by Crippen LogP contribution is -2.36. The number of hydrogen-bond acceptors (Lipinski definition) is 1. The summed E-state index contributed by atoms with van der Waals surface area (Å²) in [7, 11) is 0. The van der Waals surface area contributed by atoms with Gasteiger partial charge in [0.15, 0.2) is 0 Å². The molecule has 0 saturated heterocycles. The van der Waals surface area contributed by atoms with Crippen LogP contribution < -0.4 is 0 Å². The fourth-order valence-corrected chi connectivity index (χ4v) is 11.2. The minimum absolute atomic E-state index is 0.0401. The molecule has 1 heteroatoms. The average Bonchev–Trinajstić information content (AvgIpc) is 3.47. The molecule has 13 atom stereocenters. The van der Waals surface area contributed by atoms with E-state index in [1.54, 1.807) is 0 Å². The maximum absolute atomic E-state index is 11.4. The SMILES string of the molecule is CC1CCC(CC2CCC(CC3CC(CC4CC(C)C5CCCCC45)C(O)C3C)C(C(C)(C)C)C2)C1. The van der Waals surface area contributed by atoms with Gasteiger partial charge in [-0.05, 0) is 141 Å². The molecule has 208 valence electrons. The zero-order valence-electron chi connectivity index (χ0n) is 25.1. The Morgan fingerprint density at radius 1 is 0.611 bits per heavy atom. The quantitative estimate of drug-likeness (QED) is 0.386. The van der Waals surface area contributed by atoms with Gasteiger partial charge in [-0.15, -0.1) is 0 Å². The van der Waals surface area contributed by atoms with Crippen LogP contribution in [-0.4, -0.2) is 11.2 Å². The summed E-state index contributed by atoms with van der Waals surface area (Å²) >= 11 is 0. The molecule has 0 aromatic rings. The molecule has 1 N–H and O–H groups in total. The van der Waals surface area contributed by atoms with E-state index in [0.29, 0.717) is 17.3 Å². The second kappa shape index (κ2) is 11.2. The van der Waals surface area contributed by atoms with Gasteiger partial charge in [0.1, 0.15) is 0 Å². The predicted octanol–water partition coefficient (Wildman–Crippen LogP) is 9.77. The first-order chi connectivity index (χ1) is 17.1. The van der Waals surface area contributed by atoms with Crippen molar-refractivity contribution in [2.45, 2.75) is 144 Å². The van der Waals surface area contributed by atoms with Gasteiger partial charge in [-0.1, -0.05) is 73.6 Å². The van der Waals surface area contributed by atoms with Crippen molar-refractivity contribution in [2.24, 2.45) is 76.4 Å². The van der Waals surface area contributed by atoms with Crippen LogP contribution in [0.25, 0.3) is 0 Å². The van der Waals surface area contributed by atoms with E-state index in [4.69, 9.17) is 0 Å². The van der Waals surface area contributed by atoms with Crippen LogP contribution >= 0.6 is 0 Å². The summed E-state index contributed by atoms with van der Waals surface area (Å²) in [4.78, 5) is 0. The highest BCUT2D eigenvalue weighted by Crippen LogP contribution is 2.55. The van der Waals surface area contributed by atoms with Gasteiger partial charge in [-0.25, -0.2) is 0 Å². The molecule has 1 nitrogen and oxygen atoms in total. The minimum atomic E-state index is -0.0401. The van der Waals surface area contributed by atoms with Gasteiger partial charge in [-0.3, -0.25) is 0 Å². The van der Waals surface area contributed by atoms with E-state index < -0.39 is 0 Å². The summed E-state index contributed by atoms with van der Waals surface area (Å²) < 4.78 is 0. The van der Waals surface area contributed by atoms with Gasteiger partial charge >= 0.3 is 0 Å². The van der Waals surface area contributed by atoms with Crippen molar-refractivity contribution in [1.29, 1.82) is 0 Å². The first-order valence-electron chi connectivity index (χ1n) is 16.8. The monoisotopic (exact) mass is 498 g/mol. The largest absolute Gasteiger partial charge is 0.393 e. The Hall–Kier alpha value is -0.0400. The molecule has 36 heavy (non-hydrogen) atoms. The van der Waals surface area contributed by atoms with E-state index in [0.717, 1.165) is 59.2 Å². The number of fused-ring (bicyclic) bond motifs is 1. The van der Waals surface area contributed by atoms with Gasteiger partial charge in [0.2, 0.25) is 0 Å². The number of rotatable bonds is 6. The summed E-state index contributed by atoms with van der Waals surface area (Å²) in [6.45, 7) is 15.0. The molecule has 0 bridgehead atoms. The number of aliphatic hydroxyl groups is 1. The second-order valence-electron chi connectivity index (χ2n) is 16.6. The van der Waals surface area contributed by atoms with Gasteiger partial charge in [0, 0.05) is 0 Å². The summed E-state index contributed by atoms with van der Waals surface area (Å²) in [5, 5.41) is 11.4. The van der Waals surface area contributed by atoms with Crippen LogP contribution in [-0.2, 0) is 0 Å². The van der Waals surface area contributed by atoms with Crippen LogP contribution in [0, 0.1) is 76.4 Å². The van der Waals surface area contributed by atoms with Crippen molar-refractivity contribution in [3.05, 3.63) is 0 Å². The van der Waals surface area contributed by atoms with Gasteiger partial charge < -0.3 is 5.11 Å². The molecule has 5 aliphatic rings. The highest BCUT2D eigenvalue weighted by atomic mass is 16.3. The average molecular weight is 499 g/mol. The lowest BCUT2D eigenvalue weighted by molar-refractivity contribution is 0.0420. The van der Waals surface area contributed by atoms with Gasteiger partial charge in [0.25, 0.3) is 0 Å². The van der Waals surface area contributed by atoms with Crippen LogP contribution in [0.2, 0.25) is 0 Å². The van der Waals surface area contributed by atoms with Crippen LogP contribution in [0.1, 0.15) is 138 Å². The minimum Gasteiger partial charge on any atom is -0.393 e. The Balaban J connectivity index is 1.18. The molecule has 5 fully saturated rings. The normalized spacial score (nSPS) is 49.9. The first-order valence-corrected chi connectivity index (χ1v) is 16.8. The lowest BCUT2D eigenvalue weighted by Gasteiger charge is -2.45. The topological polar surface area (TPSA) is 20.2 Å². The Bertz CT molecular complexity index is 706. The summed E-state index contributed by atoms with van der Waals surface area (Å²) in [5.41, 5.74) is 0.419. The highest BCUT2D eigenvalue weighted by Gasteiger charge is 2.48. The van der Waals surface area contributed by atoms with Crippen LogP contribution in [0.3, 0.4) is 0 Å². The molecule has 0 aliphatic heterocycles. The smallest absolute Gasteiger partial charge is 0.0596 e. The first kappa shape index (κ1) is 27.5. The molecular formula is C35H62O. The predicted molar refractivity (Wildman–Crippen MR) is 154 cm³/mol. The van der Waals surface area contributed by atoms with Crippen LogP contribution in [0.4, 0.5) is 0 Å². The van der Waals surface area contributed by atoms with Crippen molar-refractivity contribution < 1.29 is 5.11 Å². The molecule has 0 heterocycles. The second-order valence-corrected chi connectivity index (χ2v) is 16.6. The zero-order chi connectivity index (χ0) is 25.6. The van der Waals surface area contributed by atoms with E-state index in [9.17, 15) is 5.11 Å². The summed E-state index contributed by atoms with van der Waals surface area (Å²) in [5.74, 6) is 10.4. The molecular weight excluding hydrogens is 436 g/mol. The van der Waals surface area contributed by atoms with E-state index in [1.165, 1.54) is 96.3 Å². The zero-order valence-corrected chi connectivity index (χ0v) is 25.1. The van der Waals surface area contributed by atoms with E-state index in [1.807, 2.05) is 0 Å². The Morgan fingerprint density at radius 3 is 1.97 bits per heavy atom. The third-order valence-electron chi connectivity index (χ3n) is 13.2. The van der Waals surface area contributed by atoms with Crippen molar-refractivity contribution in [3.63, 3.8) is 0 Å². The van der Waals surface area contributed by atoms with Crippen LogP contribution in [0.5, 0.6) is 0 Å². The maximum atomic E-state index is 11.4. The number of aliphatic hydroxyl groups excluding tert-OH is 1. The van der Waals surface area contributed by atoms with E-state index >= 15 is 0 Å². The van der Waals surface area contributed by atoms with E-state index in [2.05, 4.69) is 41.5 Å². The van der Waals surface area contributed by atoms with Gasteiger partial charge in [0.05, 0.1) is 6.10 Å². The van der Waals surface area contributed by atoms with Crippen molar-refractivity contribution in [3.8, 4) is 0 Å². The third-order valence-corrected chi connectivity index (χ3v) is 13.2. The highest BCUT2D eigenvalue weighted by molar-refractivity contribution is 4.98. The molecule has 0 spiro atoms. The molecule has 0 aromatic carbocycles. The maximum Gasteiger partial charge on any atom is 0.0596 e. The van der Waals surface area contributed by atoms with Crippen molar-refractivity contribution >= 4 is 0 Å². The van der Waals surface area contributed by atoms with Crippen molar-refractivity contribution in [1.82, 2.24) is 0 Å².